The minimum absolute atomic E-state index is 0.717. The van der Waals surface area contributed by atoms with Gasteiger partial charge in [0.1, 0.15) is 5.65 Å². The van der Waals surface area contributed by atoms with Gasteiger partial charge in [0.05, 0.1) is 5.69 Å². The smallest absolute Gasteiger partial charge is 0.152 e. The van der Waals surface area contributed by atoms with Gasteiger partial charge in [-0.05, 0) is 44.2 Å². The number of rotatable bonds is 7. The third kappa shape index (κ3) is 2.64. The van der Waals surface area contributed by atoms with Crippen LogP contribution in [-0.2, 0) is 6.54 Å². The fourth-order valence-corrected chi connectivity index (χ4v) is 3.05. The highest BCUT2D eigenvalue weighted by Crippen LogP contribution is 2.34. The Bertz CT molecular complexity index is 625. The van der Waals surface area contributed by atoms with Gasteiger partial charge in [0, 0.05) is 31.4 Å². The van der Waals surface area contributed by atoms with Gasteiger partial charge in [0.15, 0.2) is 5.82 Å². The van der Waals surface area contributed by atoms with E-state index in [0.29, 0.717) is 0 Å². The second-order valence-corrected chi connectivity index (χ2v) is 6.39. The molecule has 0 radical (unpaired) electrons. The molecule has 0 bridgehead atoms. The number of nitrogens with zero attached hydrogens (tertiary/aromatic N) is 3. The molecular weight excluding hydrogens is 260 g/mol. The van der Waals surface area contributed by atoms with Gasteiger partial charge in [-0.2, -0.15) is 0 Å². The predicted octanol–water partition coefficient (Wildman–Crippen LogP) is 2.97. The molecule has 0 unspecified atom stereocenters. The number of nitrogens with one attached hydrogen (secondary N) is 1. The first-order valence-corrected chi connectivity index (χ1v) is 8.33. The van der Waals surface area contributed by atoms with E-state index in [1.165, 1.54) is 43.6 Å². The van der Waals surface area contributed by atoms with Crippen LogP contribution in [0.25, 0.3) is 5.65 Å². The zero-order valence-electron chi connectivity index (χ0n) is 12.8. The Morgan fingerprint density at radius 3 is 2.86 bits per heavy atom. The van der Waals surface area contributed by atoms with E-state index in [-0.39, 0.29) is 0 Å². The van der Waals surface area contributed by atoms with Gasteiger partial charge in [-0.25, -0.2) is 4.98 Å². The lowest BCUT2D eigenvalue weighted by molar-refractivity contribution is 0.662. The maximum absolute atomic E-state index is 4.94. The lowest BCUT2D eigenvalue weighted by atomic mass is 10.3. The van der Waals surface area contributed by atoms with E-state index in [0.717, 1.165) is 30.8 Å². The van der Waals surface area contributed by atoms with Gasteiger partial charge < -0.3 is 14.6 Å². The van der Waals surface area contributed by atoms with Gasteiger partial charge in [0.25, 0.3) is 0 Å². The van der Waals surface area contributed by atoms with Crippen LogP contribution in [0, 0.1) is 0 Å². The first kappa shape index (κ1) is 13.1. The quantitative estimate of drug-likeness (QED) is 0.848. The van der Waals surface area contributed by atoms with Crippen molar-refractivity contribution in [3.63, 3.8) is 0 Å². The average molecular weight is 284 g/mol. The maximum Gasteiger partial charge on any atom is 0.152 e. The van der Waals surface area contributed by atoms with Gasteiger partial charge in [-0.1, -0.05) is 13.0 Å². The Morgan fingerprint density at radius 1 is 1.29 bits per heavy atom. The highest BCUT2D eigenvalue weighted by molar-refractivity contribution is 5.57. The first-order valence-electron chi connectivity index (χ1n) is 8.33. The topological polar surface area (TPSA) is 32.6 Å². The largest absolute Gasteiger partial charge is 0.352 e. The number of pyridine rings is 1. The number of imidazole rings is 1. The summed E-state index contributed by atoms with van der Waals surface area (Å²) in [4.78, 5) is 7.48. The monoisotopic (exact) mass is 284 g/mol. The zero-order chi connectivity index (χ0) is 14.2. The molecule has 0 atom stereocenters. The van der Waals surface area contributed by atoms with Crippen LogP contribution in [0.2, 0.25) is 0 Å². The molecule has 1 N–H and O–H groups in total. The molecule has 2 aliphatic rings. The van der Waals surface area contributed by atoms with Crippen molar-refractivity contribution in [1.29, 1.82) is 0 Å². The molecule has 0 spiro atoms. The van der Waals surface area contributed by atoms with Gasteiger partial charge in [-0.3, -0.25) is 0 Å². The molecule has 21 heavy (non-hydrogen) atoms. The van der Waals surface area contributed by atoms with Gasteiger partial charge >= 0.3 is 0 Å². The molecule has 0 aliphatic heterocycles. The van der Waals surface area contributed by atoms with E-state index in [4.69, 9.17) is 4.98 Å². The van der Waals surface area contributed by atoms with Crippen molar-refractivity contribution >= 4 is 11.5 Å². The van der Waals surface area contributed by atoms with Crippen LogP contribution >= 0.6 is 0 Å². The van der Waals surface area contributed by atoms with E-state index in [2.05, 4.69) is 45.9 Å². The minimum Gasteiger partial charge on any atom is -0.352 e. The van der Waals surface area contributed by atoms with E-state index in [1.807, 2.05) is 0 Å². The molecule has 4 heteroatoms. The van der Waals surface area contributed by atoms with Crippen molar-refractivity contribution in [2.24, 2.45) is 0 Å². The molecule has 0 aromatic carbocycles. The molecule has 2 aromatic rings. The summed E-state index contributed by atoms with van der Waals surface area (Å²) in [5, 5.41) is 3.66. The van der Waals surface area contributed by atoms with Crippen molar-refractivity contribution in [3.05, 3.63) is 30.1 Å². The maximum atomic E-state index is 4.94. The van der Waals surface area contributed by atoms with E-state index in [9.17, 15) is 0 Å². The third-order valence-corrected chi connectivity index (χ3v) is 4.47. The summed E-state index contributed by atoms with van der Waals surface area (Å²) in [5.41, 5.74) is 2.40. The normalized spacial score (nSPS) is 18.3. The lowest BCUT2D eigenvalue weighted by Crippen LogP contribution is -2.29. The van der Waals surface area contributed by atoms with Crippen LogP contribution in [0.4, 0.5) is 5.82 Å². The Hall–Kier alpha value is -1.55. The summed E-state index contributed by atoms with van der Waals surface area (Å²) in [5.74, 6) is 1.21. The second-order valence-electron chi connectivity index (χ2n) is 6.39. The Morgan fingerprint density at radius 2 is 2.14 bits per heavy atom. The summed E-state index contributed by atoms with van der Waals surface area (Å²) in [6.07, 6.45) is 8.63. The van der Waals surface area contributed by atoms with Crippen LogP contribution in [0.5, 0.6) is 0 Å². The number of hydrogen-bond donors (Lipinski definition) is 1. The molecule has 2 fully saturated rings. The van der Waals surface area contributed by atoms with Crippen molar-refractivity contribution in [2.45, 2.75) is 57.7 Å². The van der Waals surface area contributed by atoms with Gasteiger partial charge in [-0.15, -0.1) is 0 Å². The molecule has 4 nitrogen and oxygen atoms in total. The predicted molar refractivity (Wildman–Crippen MR) is 85.7 cm³/mol. The minimum atomic E-state index is 0.717. The molecule has 0 amide bonds. The van der Waals surface area contributed by atoms with E-state index < -0.39 is 0 Å². The lowest BCUT2D eigenvalue weighted by Gasteiger charge is -2.23. The summed E-state index contributed by atoms with van der Waals surface area (Å²) in [6.45, 7) is 4.30. The number of hydrogen-bond acceptors (Lipinski definition) is 3. The molecular formula is C17H24N4. The molecule has 2 saturated carbocycles. The van der Waals surface area contributed by atoms with Crippen LogP contribution < -0.4 is 10.2 Å². The zero-order valence-corrected chi connectivity index (χ0v) is 12.8. The Labute approximate surface area is 126 Å². The third-order valence-electron chi connectivity index (χ3n) is 4.47. The van der Waals surface area contributed by atoms with Crippen molar-refractivity contribution < 1.29 is 0 Å². The highest BCUT2D eigenvalue weighted by Gasteiger charge is 2.32. The van der Waals surface area contributed by atoms with Crippen molar-refractivity contribution in [1.82, 2.24) is 14.7 Å². The molecule has 0 saturated heterocycles. The molecule has 112 valence electrons. The van der Waals surface area contributed by atoms with Crippen molar-refractivity contribution in [2.75, 3.05) is 11.4 Å². The van der Waals surface area contributed by atoms with Gasteiger partial charge in [0.2, 0.25) is 0 Å². The number of fused-ring (bicyclic) bond motifs is 1. The summed E-state index contributed by atoms with van der Waals surface area (Å²) in [6, 6.07) is 7.73. The first-order chi connectivity index (χ1) is 10.4. The van der Waals surface area contributed by atoms with Crippen LogP contribution in [0.15, 0.2) is 24.4 Å². The Balaban J connectivity index is 1.71. The fourth-order valence-electron chi connectivity index (χ4n) is 3.05. The van der Waals surface area contributed by atoms with Crippen LogP contribution in [0.3, 0.4) is 0 Å². The second kappa shape index (κ2) is 5.34. The van der Waals surface area contributed by atoms with E-state index >= 15 is 0 Å². The van der Waals surface area contributed by atoms with Crippen LogP contribution in [0.1, 0.15) is 44.7 Å². The fraction of sp³-hybridized carbons (Fsp3) is 0.588. The standard InChI is InChI=1S/C17H24N4/c1-2-10-20(14-8-9-14)17-15(12-18-13-6-7-13)21-11-4-3-5-16(21)19-17/h3-5,11,13-14,18H,2,6-10,12H2,1H3. The average Bonchev–Trinajstić information content (AvgIpc) is 3.40. The number of anilines is 1. The summed E-state index contributed by atoms with van der Waals surface area (Å²) >= 11 is 0. The molecule has 2 heterocycles. The Kier molecular flexibility index (Phi) is 3.34. The van der Waals surface area contributed by atoms with Crippen LogP contribution in [-0.4, -0.2) is 28.0 Å². The molecule has 2 aromatic heterocycles. The molecule has 2 aliphatic carbocycles. The highest BCUT2D eigenvalue weighted by atomic mass is 15.3. The van der Waals surface area contributed by atoms with Crippen molar-refractivity contribution in [3.8, 4) is 0 Å². The molecule has 4 rings (SSSR count). The SMILES string of the molecule is CCCN(c1nc2ccccn2c1CNC1CC1)C1CC1. The summed E-state index contributed by atoms with van der Waals surface area (Å²) in [7, 11) is 0. The summed E-state index contributed by atoms with van der Waals surface area (Å²) < 4.78 is 2.26. The van der Waals surface area contributed by atoms with E-state index in [1.54, 1.807) is 0 Å². The number of aromatic nitrogens is 2.